The number of likely N-dealkylation sites (N-methyl/N-ethyl adjacent to an activating group) is 1. The van der Waals surface area contributed by atoms with Gasteiger partial charge in [0.1, 0.15) is 0 Å². The number of nitrogens with zero attached hydrogens (tertiary/aromatic N) is 2. The number of thioether (sulfide) groups is 1. The van der Waals surface area contributed by atoms with Crippen molar-refractivity contribution in [2.75, 3.05) is 18.0 Å². The van der Waals surface area contributed by atoms with Gasteiger partial charge in [-0.3, -0.25) is 0 Å². The van der Waals surface area contributed by atoms with Crippen molar-refractivity contribution >= 4 is 59.3 Å². The Labute approximate surface area is 146 Å². The molecule has 1 aromatic carbocycles. The van der Waals surface area contributed by atoms with Crippen molar-refractivity contribution in [2.24, 2.45) is 0 Å². The fourth-order valence-electron chi connectivity index (χ4n) is 2.44. The summed E-state index contributed by atoms with van der Waals surface area (Å²) in [7, 11) is 0. The topological polar surface area (TPSA) is 23.6 Å². The Bertz CT molecular complexity index is 699. The van der Waals surface area contributed by atoms with Crippen LogP contribution in [-0.4, -0.2) is 43.2 Å². The molecule has 22 heavy (non-hydrogen) atoms. The van der Waals surface area contributed by atoms with Gasteiger partial charge < -0.3 is 0 Å². The molecule has 0 aliphatic carbocycles. The predicted molar refractivity (Wildman–Crippen MR) is 98.6 cm³/mol. The van der Waals surface area contributed by atoms with Gasteiger partial charge in [0.25, 0.3) is 0 Å². The summed E-state index contributed by atoms with van der Waals surface area (Å²) in [6, 6.07) is 8.52. The zero-order valence-electron chi connectivity index (χ0n) is 12.4. The molecule has 1 aromatic rings. The van der Waals surface area contributed by atoms with Crippen LogP contribution in [0, 0.1) is 0 Å². The van der Waals surface area contributed by atoms with Crippen LogP contribution in [0.1, 0.15) is 13.8 Å². The molecule has 0 radical (unpaired) electrons. The number of hydrogen-bond acceptors (Lipinski definition) is 4. The molecule has 114 valence electrons. The van der Waals surface area contributed by atoms with Gasteiger partial charge in [-0.15, -0.1) is 0 Å². The molecule has 0 unspecified atom stereocenters. The van der Waals surface area contributed by atoms with E-state index in [1.807, 2.05) is 13.0 Å². The van der Waals surface area contributed by atoms with Crippen LogP contribution in [0.5, 0.6) is 0 Å². The van der Waals surface area contributed by atoms with E-state index in [1.165, 1.54) is 26.5 Å². The Balaban J connectivity index is 1.87. The molecule has 1 saturated heterocycles. The van der Waals surface area contributed by atoms with Gasteiger partial charge >= 0.3 is 147 Å². The number of benzene rings is 1. The first-order valence-corrected chi connectivity index (χ1v) is 10.1. The summed E-state index contributed by atoms with van der Waals surface area (Å²) in [6.07, 6.45) is 4.02. The van der Waals surface area contributed by atoms with E-state index >= 15 is 0 Å². The molecule has 3 nitrogen and oxygen atoms in total. The molecule has 1 fully saturated rings. The van der Waals surface area contributed by atoms with Crippen molar-refractivity contribution < 1.29 is 4.79 Å². The van der Waals surface area contributed by atoms with Gasteiger partial charge in [0, 0.05) is 0 Å². The summed E-state index contributed by atoms with van der Waals surface area (Å²) in [5, 5.41) is 0. The summed E-state index contributed by atoms with van der Waals surface area (Å²) in [5.41, 5.74) is 1.30. The standard InChI is InChI=1S/C16H16N2OS2Se/c1-3-17-11-7-5-6-8-13(11)22-14(17)10-9-12-15(19)18(4-2)16(20)21-12/h5-10H,3-4H2,1-2H3. The van der Waals surface area contributed by atoms with Gasteiger partial charge in [-0.25, -0.2) is 0 Å². The predicted octanol–water partition coefficient (Wildman–Crippen LogP) is 2.46. The summed E-state index contributed by atoms with van der Waals surface area (Å²) in [5.74, 6) is 0.0282. The van der Waals surface area contributed by atoms with Crippen LogP contribution in [0.2, 0.25) is 0 Å². The third kappa shape index (κ3) is 2.76. The van der Waals surface area contributed by atoms with E-state index in [9.17, 15) is 4.79 Å². The maximum atomic E-state index is 12.2. The molecule has 2 aliphatic heterocycles. The van der Waals surface area contributed by atoms with Crippen molar-refractivity contribution in [3.63, 3.8) is 0 Å². The minimum atomic E-state index is 0.0282. The normalized spacial score (nSPS) is 21.4. The summed E-state index contributed by atoms with van der Waals surface area (Å²) in [6.45, 7) is 5.67. The van der Waals surface area contributed by atoms with E-state index in [0.717, 1.165) is 11.4 Å². The Morgan fingerprint density at radius 3 is 2.59 bits per heavy atom. The molecule has 2 aliphatic rings. The van der Waals surface area contributed by atoms with Crippen LogP contribution >= 0.6 is 24.0 Å². The first-order chi connectivity index (χ1) is 10.7. The molecular formula is C16H16N2OS2Se. The van der Waals surface area contributed by atoms with E-state index in [-0.39, 0.29) is 5.91 Å². The zero-order chi connectivity index (χ0) is 15.7. The van der Waals surface area contributed by atoms with Gasteiger partial charge in [0.15, 0.2) is 0 Å². The molecule has 0 saturated carbocycles. The van der Waals surface area contributed by atoms with Gasteiger partial charge in [0.05, 0.1) is 0 Å². The SMILES string of the molecule is CCN1C(=O)C(=CC=C2[Se]c3ccccc3N2CC)SC1=S. The number of carbonyl (C=O) groups excluding carboxylic acids is 1. The van der Waals surface area contributed by atoms with Gasteiger partial charge in [-0.05, 0) is 0 Å². The Kier molecular flexibility index (Phi) is 4.73. The zero-order valence-corrected chi connectivity index (χ0v) is 15.8. The first-order valence-electron chi connectivity index (χ1n) is 7.15. The van der Waals surface area contributed by atoms with Crippen LogP contribution in [0.15, 0.2) is 45.9 Å². The number of allylic oxidation sites excluding steroid dienone is 2. The van der Waals surface area contributed by atoms with E-state index in [4.69, 9.17) is 12.2 Å². The Morgan fingerprint density at radius 1 is 1.18 bits per heavy atom. The molecule has 0 atom stereocenters. The van der Waals surface area contributed by atoms with E-state index in [2.05, 4.69) is 42.2 Å². The second-order valence-electron chi connectivity index (χ2n) is 4.77. The number of anilines is 1. The van der Waals surface area contributed by atoms with Crippen LogP contribution in [0.4, 0.5) is 5.69 Å². The van der Waals surface area contributed by atoms with Crippen molar-refractivity contribution in [1.82, 2.24) is 4.90 Å². The average Bonchev–Trinajstić information content (AvgIpc) is 3.01. The molecule has 0 bridgehead atoms. The van der Waals surface area contributed by atoms with Crippen molar-refractivity contribution in [1.29, 1.82) is 0 Å². The van der Waals surface area contributed by atoms with Crippen LogP contribution in [0.25, 0.3) is 0 Å². The second-order valence-corrected chi connectivity index (χ2v) is 8.67. The maximum absolute atomic E-state index is 12.2. The molecule has 1 amide bonds. The van der Waals surface area contributed by atoms with Crippen LogP contribution in [-0.2, 0) is 4.79 Å². The first kappa shape index (κ1) is 15.8. The quantitative estimate of drug-likeness (QED) is 0.446. The van der Waals surface area contributed by atoms with Crippen molar-refractivity contribution in [3.05, 3.63) is 45.9 Å². The third-order valence-corrected chi connectivity index (χ3v) is 7.29. The Hall–Kier alpha value is -1.07. The minimum absolute atomic E-state index is 0.0282. The number of para-hydroxylation sites is 1. The number of carbonyl (C=O) groups is 1. The molecule has 0 spiro atoms. The summed E-state index contributed by atoms with van der Waals surface area (Å²) < 4.78 is 3.35. The van der Waals surface area contributed by atoms with Crippen molar-refractivity contribution in [2.45, 2.75) is 13.8 Å². The Morgan fingerprint density at radius 2 is 1.91 bits per heavy atom. The number of hydrogen-bond donors (Lipinski definition) is 0. The van der Waals surface area contributed by atoms with E-state index in [0.29, 0.717) is 25.8 Å². The van der Waals surface area contributed by atoms with E-state index in [1.54, 1.807) is 4.90 Å². The summed E-state index contributed by atoms with van der Waals surface area (Å²) in [4.78, 5) is 16.9. The number of fused-ring (bicyclic) bond motifs is 1. The van der Waals surface area contributed by atoms with Gasteiger partial charge in [-0.1, -0.05) is 0 Å². The average molecular weight is 395 g/mol. The molecular weight excluding hydrogens is 379 g/mol. The molecule has 2 heterocycles. The fraction of sp³-hybridized carbons (Fsp3) is 0.250. The van der Waals surface area contributed by atoms with Gasteiger partial charge in [0.2, 0.25) is 0 Å². The number of rotatable bonds is 3. The second kappa shape index (κ2) is 6.59. The van der Waals surface area contributed by atoms with Gasteiger partial charge in [-0.2, -0.15) is 0 Å². The molecule has 3 rings (SSSR count). The van der Waals surface area contributed by atoms with Crippen LogP contribution in [0.3, 0.4) is 0 Å². The third-order valence-electron chi connectivity index (χ3n) is 3.52. The number of thiocarbonyl (C=S) groups is 1. The molecule has 0 N–H and O–H groups in total. The monoisotopic (exact) mass is 396 g/mol. The van der Waals surface area contributed by atoms with Crippen LogP contribution < -0.4 is 9.36 Å². The molecule has 6 heteroatoms. The summed E-state index contributed by atoms with van der Waals surface area (Å²) >= 11 is 6.93. The molecule has 0 aromatic heterocycles. The number of amides is 1. The van der Waals surface area contributed by atoms with Crippen molar-refractivity contribution in [3.8, 4) is 0 Å². The fourth-order valence-corrected chi connectivity index (χ4v) is 6.13. The van der Waals surface area contributed by atoms with E-state index < -0.39 is 0 Å².